The molecular formula is C20H30O3. The average Bonchev–Trinajstić information content (AvgIpc) is 2.88. The Balaban J connectivity index is 1.79. The number of ether oxygens (including phenoxy) is 3. The summed E-state index contributed by atoms with van der Waals surface area (Å²) in [5.41, 5.74) is 2.63. The second kappa shape index (κ2) is 8.39. The van der Waals surface area contributed by atoms with Gasteiger partial charge >= 0.3 is 0 Å². The van der Waals surface area contributed by atoms with Crippen molar-refractivity contribution in [3.05, 3.63) is 35.4 Å². The van der Waals surface area contributed by atoms with E-state index in [2.05, 4.69) is 39.8 Å². The van der Waals surface area contributed by atoms with Gasteiger partial charge in [-0.3, -0.25) is 0 Å². The molecule has 1 aromatic carbocycles. The standard InChI is InChI=1S/C20H30O3/c1-14(2)19(21-5)9-6-15(3)10-11-22-17-7-8-18-16(4)13-23-20(18)12-17/h7-8,10,12,14,16,19H,6,9,11,13H2,1-5H3/b15-10+. The van der Waals surface area contributed by atoms with Gasteiger partial charge in [0.15, 0.2) is 0 Å². The molecule has 0 aromatic heterocycles. The first-order valence-electron chi connectivity index (χ1n) is 8.59. The number of methoxy groups -OCH3 is 1. The van der Waals surface area contributed by atoms with Crippen LogP contribution in [0.1, 0.15) is 52.0 Å². The maximum Gasteiger partial charge on any atom is 0.126 e. The number of hydrogen-bond acceptors (Lipinski definition) is 3. The molecule has 128 valence electrons. The second-order valence-corrected chi connectivity index (χ2v) is 6.83. The van der Waals surface area contributed by atoms with Crippen molar-refractivity contribution in [2.24, 2.45) is 5.92 Å². The van der Waals surface area contributed by atoms with Crippen LogP contribution >= 0.6 is 0 Å². The van der Waals surface area contributed by atoms with E-state index in [0.29, 0.717) is 24.5 Å². The van der Waals surface area contributed by atoms with Crippen LogP contribution in [-0.4, -0.2) is 26.4 Å². The molecule has 0 bridgehead atoms. The third kappa shape index (κ3) is 5.00. The number of allylic oxidation sites excluding steroid dienone is 1. The molecule has 2 unspecified atom stereocenters. The lowest BCUT2D eigenvalue weighted by Gasteiger charge is -2.19. The zero-order chi connectivity index (χ0) is 16.8. The van der Waals surface area contributed by atoms with Crippen LogP contribution in [0.3, 0.4) is 0 Å². The fraction of sp³-hybridized carbons (Fsp3) is 0.600. The Morgan fingerprint density at radius 3 is 2.87 bits per heavy atom. The first-order valence-corrected chi connectivity index (χ1v) is 8.59. The van der Waals surface area contributed by atoms with Crippen molar-refractivity contribution in [3.8, 4) is 11.5 Å². The fourth-order valence-corrected chi connectivity index (χ4v) is 2.92. The highest BCUT2D eigenvalue weighted by molar-refractivity contribution is 5.45. The molecule has 0 saturated heterocycles. The van der Waals surface area contributed by atoms with Gasteiger partial charge in [0.2, 0.25) is 0 Å². The molecule has 0 spiro atoms. The summed E-state index contributed by atoms with van der Waals surface area (Å²) in [6.07, 6.45) is 4.59. The average molecular weight is 318 g/mol. The zero-order valence-corrected chi connectivity index (χ0v) is 15.1. The Kier molecular flexibility index (Phi) is 6.52. The van der Waals surface area contributed by atoms with Crippen molar-refractivity contribution in [3.63, 3.8) is 0 Å². The monoisotopic (exact) mass is 318 g/mol. The molecule has 0 N–H and O–H groups in total. The quantitative estimate of drug-likeness (QED) is 0.634. The molecule has 0 aliphatic carbocycles. The maximum atomic E-state index is 5.83. The van der Waals surface area contributed by atoms with Crippen LogP contribution in [-0.2, 0) is 4.74 Å². The van der Waals surface area contributed by atoms with Crippen LogP contribution in [0.5, 0.6) is 11.5 Å². The second-order valence-electron chi connectivity index (χ2n) is 6.83. The lowest BCUT2D eigenvalue weighted by Crippen LogP contribution is -2.17. The molecule has 23 heavy (non-hydrogen) atoms. The molecular weight excluding hydrogens is 288 g/mol. The zero-order valence-electron chi connectivity index (χ0n) is 15.1. The van der Waals surface area contributed by atoms with E-state index < -0.39 is 0 Å². The Hall–Kier alpha value is -1.48. The van der Waals surface area contributed by atoms with Crippen molar-refractivity contribution in [1.29, 1.82) is 0 Å². The molecule has 3 nitrogen and oxygen atoms in total. The number of fused-ring (bicyclic) bond motifs is 1. The number of benzene rings is 1. The molecule has 1 heterocycles. The van der Waals surface area contributed by atoms with E-state index >= 15 is 0 Å². The van der Waals surface area contributed by atoms with Gasteiger partial charge in [-0.05, 0) is 37.8 Å². The van der Waals surface area contributed by atoms with E-state index in [9.17, 15) is 0 Å². The predicted molar refractivity (Wildman–Crippen MR) is 94.5 cm³/mol. The van der Waals surface area contributed by atoms with E-state index in [4.69, 9.17) is 14.2 Å². The Bertz CT molecular complexity index is 534. The minimum Gasteiger partial charge on any atom is -0.493 e. The highest BCUT2D eigenvalue weighted by Crippen LogP contribution is 2.36. The maximum absolute atomic E-state index is 5.83. The Morgan fingerprint density at radius 2 is 2.17 bits per heavy atom. The van der Waals surface area contributed by atoms with Crippen LogP contribution < -0.4 is 9.47 Å². The first kappa shape index (κ1) is 17.9. The summed E-state index contributed by atoms with van der Waals surface area (Å²) in [5, 5.41) is 0. The summed E-state index contributed by atoms with van der Waals surface area (Å²) in [6, 6.07) is 6.15. The predicted octanol–water partition coefficient (Wildman–Crippen LogP) is 4.96. The SMILES string of the molecule is COC(CC/C(C)=C/COc1ccc2c(c1)OCC2C)C(C)C. The summed E-state index contributed by atoms with van der Waals surface area (Å²) in [5.74, 6) is 2.88. The summed E-state index contributed by atoms with van der Waals surface area (Å²) in [6.45, 7) is 10.1. The summed E-state index contributed by atoms with van der Waals surface area (Å²) >= 11 is 0. The van der Waals surface area contributed by atoms with Gasteiger partial charge in [0.05, 0.1) is 12.7 Å². The highest BCUT2D eigenvalue weighted by atomic mass is 16.5. The molecule has 3 heteroatoms. The van der Waals surface area contributed by atoms with Gasteiger partial charge in [0.25, 0.3) is 0 Å². The topological polar surface area (TPSA) is 27.7 Å². The van der Waals surface area contributed by atoms with Crippen molar-refractivity contribution >= 4 is 0 Å². The molecule has 1 aromatic rings. The molecule has 0 saturated carbocycles. The van der Waals surface area contributed by atoms with Gasteiger partial charge in [-0.1, -0.05) is 32.4 Å². The lowest BCUT2D eigenvalue weighted by atomic mass is 10.00. The van der Waals surface area contributed by atoms with Crippen LogP contribution in [0.15, 0.2) is 29.8 Å². The van der Waals surface area contributed by atoms with Gasteiger partial charge in [0, 0.05) is 24.7 Å². The molecule has 0 amide bonds. The van der Waals surface area contributed by atoms with Gasteiger partial charge in [0.1, 0.15) is 18.1 Å². The summed E-state index contributed by atoms with van der Waals surface area (Å²) < 4.78 is 17.0. The number of rotatable bonds is 8. The van der Waals surface area contributed by atoms with Gasteiger partial charge < -0.3 is 14.2 Å². The van der Waals surface area contributed by atoms with Crippen LogP contribution in [0.2, 0.25) is 0 Å². The smallest absolute Gasteiger partial charge is 0.126 e. The van der Waals surface area contributed by atoms with Gasteiger partial charge in [-0.2, -0.15) is 0 Å². The van der Waals surface area contributed by atoms with Crippen LogP contribution in [0, 0.1) is 5.92 Å². The minimum atomic E-state index is 0.329. The van der Waals surface area contributed by atoms with Gasteiger partial charge in [-0.25, -0.2) is 0 Å². The Morgan fingerprint density at radius 1 is 1.39 bits per heavy atom. The van der Waals surface area contributed by atoms with Crippen LogP contribution in [0.25, 0.3) is 0 Å². The molecule has 1 aliphatic rings. The Labute approximate surface area is 140 Å². The summed E-state index contributed by atoms with van der Waals surface area (Å²) in [4.78, 5) is 0. The normalized spacial score (nSPS) is 18.7. The third-order valence-electron chi connectivity index (χ3n) is 4.56. The van der Waals surface area contributed by atoms with Gasteiger partial charge in [-0.15, -0.1) is 0 Å². The molecule has 2 atom stereocenters. The minimum absolute atomic E-state index is 0.329. The molecule has 1 aliphatic heterocycles. The fourth-order valence-electron chi connectivity index (χ4n) is 2.92. The molecule has 0 radical (unpaired) electrons. The van der Waals surface area contributed by atoms with Crippen molar-refractivity contribution in [2.75, 3.05) is 20.3 Å². The third-order valence-corrected chi connectivity index (χ3v) is 4.56. The van der Waals surface area contributed by atoms with Crippen molar-refractivity contribution in [2.45, 2.75) is 52.6 Å². The highest BCUT2D eigenvalue weighted by Gasteiger charge is 2.20. The van der Waals surface area contributed by atoms with E-state index in [1.165, 1.54) is 11.1 Å². The van der Waals surface area contributed by atoms with Crippen molar-refractivity contribution in [1.82, 2.24) is 0 Å². The van der Waals surface area contributed by atoms with Crippen LogP contribution in [0.4, 0.5) is 0 Å². The number of hydrogen-bond donors (Lipinski definition) is 0. The van der Waals surface area contributed by atoms with Crippen molar-refractivity contribution < 1.29 is 14.2 Å². The lowest BCUT2D eigenvalue weighted by molar-refractivity contribution is 0.0584. The van der Waals surface area contributed by atoms with E-state index in [1.54, 1.807) is 7.11 Å². The van der Waals surface area contributed by atoms with E-state index in [1.807, 2.05) is 12.1 Å². The molecule has 2 rings (SSSR count). The largest absolute Gasteiger partial charge is 0.493 e. The van der Waals surface area contributed by atoms with E-state index in [-0.39, 0.29) is 0 Å². The summed E-state index contributed by atoms with van der Waals surface area (Å²) in [7, 11) is 1.80. The van der Waals surface area contributed by atoms with E-state index in [0.717, 1.165) is 30.9 Å². The first-order chi connectivity index (χ1) is 11.0. The molecule has 0 fully saturated rings.